The van der Waals surface area contributed by atoms with E-state index in [0.717, 1.165) is 11.1 Å². The van der Waals surface area contributed by atoms with Gasteiger partial charge in [0.25, 0.3) is 0 Å². The van der Waals surface area contributed by atoms with Crippen molar-refractivity contribution in [3.63, 3.8) is 0 Å². The molecule has 1 N–H and O–H groups in total. The summed E-state index contributed by atoms with van der Waals surface area (Å²) < 4.78 is 5.47. The van der Waals surface area contributed by atoms with Crippen molar-refractivity contribution in [2.45, 2.75) is 6.92 Å². The van der Waals surface area contributed by atoms with Gasteiger partial charge < -0.3 is 9.84 Å². The van der Waals surface area contributed by atoms with Gasteiger partial charge in [0.05, 0.1) is 6.61 Å². The molecule has 0 unspecified atom stereocenters. The van der Waals surface area contributed by atoms with Crippen LogP contribution in [0, 0.1) is 0 Å². The standard InChI is InChI=1S/C14H14O2/c1-2-16-14-12(9-6-10-13(14)15)11-7-4-3-5-8-11/h3-10,15H,2H2,1H3. The molecule has 0 heterocycles. The molecular formula is C14H14O2. The van der Waals surface area contributed by atoms with Gasteiger partial charge in [-0.05, 0) is 18.6 Å². The van der Waals surface area contributed by atoms with Crippen LogP contribution in [0.1, 0.15) is 6.92 Å². The summed E-state index contributed by atoms with van der Waals surface area (Å²) in [5, 5.41) is 9.76. The Balaban J connectivity index is 2.52. The SMILES string of the molecule is CCOc1c(O)cccc1-c1ccccc1. The Labute approximate surface area is 95.1 Å². The quantitative estimate of drug-likeness (QED) is 0.847. The van der Waals surface area contributed by atoms with E-state index in [2.05, 4.69) is 0 Å². The van der Waals surface area contributed by atoms with Gasteiger partial charge in [0.1, 0.15) is 0 Å². The average molecular weight is 214 g/mol. The third-order valence-corrected chi connectivity index (χ3v) is 2.37. The molecule has 0 aromatic heterocycles. The van der Waals surface area contributed by atoms with Crippen molar-refractivity contribution in [1.82, 2.24) is 0 Å². The first kappa shape index (κ1) is 10.6. The second kappa shape index (κ2) is 4.71. The monoisotopic (exact) mass is 214 g/mol. The Morgan fingerprint density at radius 1 is 1.00 bits per heavy atom. The van der Waals surface area contributed by atoms with Crippen molar-refractivity contribution in [3.8, 4) is 22.6 Å². The molecule has 16 heavy (non-hydrogen) atoms. The lowest BCUT2D eigenvalue weighted by Crippen LogP contribution is -1.94. The van der Waals surface area contributed by atoms with Crippen LogP contribution in [0.2, 0.25) is 0 Å². The normalized spacial score (nSPS) is 10.1. The lowest BCUT2D eigenvalue weighted by Gasteiger charge is -2.11. The van der Waals surface area contributed by atoms with Gasteiger partial charge in [-0.3, -0.25) is 0 Å². The van der Waals surface area contributed by atoms with Crippen LogP contribution in [0.5, 0.6) is 11.5 Å². The van der Waals surface area contributed by atoms with Crippen LogP contribution in [0.4, 0.5) is 0 Å². The van der Waals surface area contributed by atoms with E-state index >= 15 is 0 Å². The molecule has 82 valence electrons. The van der Waals surface area contributed by atoms with Gasteiger partial charge >= 0.3 is 0 Å². The van der Waals surface area contributed by atoms with Crippen molar-refractivity contribution in [2.24, 2.45) is 0 Å². The van der Waals surface area contributed by atoms with Crippen LogP contribution in [0.25, 0.3) is 11.1 Å². The third kappa shape index (κ3) is 2.01. The summed E-state index contributed by atoms with van der Waals surface area (Å²) in [4.78, 5) is 0. The Bertz CT molecular complexity index is 463. The zero-order chi connectivity index (χ0) is 11.4. The first-order chi connectivity index (χ1) is 7.83. The maximum absolute atomic E-state index is 9.76. The molecule has 2 aromatic rings. The molecule has 0 radical (unpaired) electrons. The van der Waals surface area contributed by atoms with Crippen LogP contribution in [0.3, 0.4) is 0 Å². The first-order valence-corrected chi connectivity index (χ1v) is 5.33. The Morgan fingerprint density at radius 2 is 1.75 bits per heavy atom. The maximum Gasteiger partial charge on any atom is 0.168 e. The van der Waals surface area contributed by atoms with E-state index in [1.807, 2.05) is 49.4 Å². The predicted molar refractivity (Wildman–Crippen MR) is 64.7 cm³/mol. The fourth-order valence-corrected chi connectivity index (χ4v) is 1.67. The van der Waals surface area contributed by atoms with Crippen molar-refractivity contribution in [3.05, 3.63) is 48.5 Å². The smallest absolute Gasteiger partial charge is 0.168 e. The number of hydrogen-bond acceptors (Lipinski definition) is 2. The van der Waals surface area contributed by atoms with E-state index in [4.69, 9.17) is 4.74 Å². The number of phenolic OH excluding ortho intramolecular Hbond substituents is 1. The molecule has 0 atom stereocenters. The molecule has 2 rings (SSSR count). The highest BCUT2D eigenvalue weighted by Gasteiger charge is 2.09. The van der Waals surface area contributed by atoms with Gasteiger partial charge in [-0.1, -0.05) is 42.5 Å². The molecule has 0 aliphatic heterocycles. The molecule has 0 fully saturated rings. The molecule has 2 nitrogen and oxygen atoms in total. The maximum atomic E-state index is 9.76. The van der Waals surface area contributed by atoms with E-state index in [-0.39, 0.29) is 5.75 Å². The summed E-state index contributed by atoms with van der Waals surface area (Å²) in [6.45, 7) is 2.44. The number of phenols is 1. The van der Waals surface area contributed by atoms with Gasteiger partial charge in [-0.2, -0.15) is 0 Å². The van der Waals surface area contributed by atoms with E-state index in [1.165, 1.54) is 0 Å². The molecule has 0 aliphatic carbocycles. The summed E-state index contributed by atoms with van der Waals surface area (Å²) >= 11 is 0. The summed E-state index contributed by atoms with van der Waals surface area (Å²) in [6, 6.07) is 15.3. The molecule has 2 heteroatoms. The second-order valence-electron chi connectivity index (χ2n) is 3.45. The van der Waals surface area contributed by atoms with Crippen molar-refractivity contribution in [2.75, 3.05) is 6.61 Å². The third-order valence-electron chi connectivity index (χ3n) is 2.37. The first-order valence-electron chi connectivity index (χ1n) is 5.33. The highest BCUT2D eigenvalue weighted by molar-refractivity contribution is 5.73. The lowest BCUT2D eigenvalue weighted by atomic mass is 10.0. The van der Waals surface area contributed by atoms with Crippen LogP contribution >= 0.6 is 0 Å². The Kier molecular flexibility index (Phi) is 3.10. The van der Waals surface area contributed by atoms with Gasteiger partial charge in [-0.25, -0.2) is 0 Å². The van der Waals surface area contributed by atoms with Crippen molar-refractivity contribution in [1.29, 1.82) is 0 Å². The topological polar surface area (TPSA) is 29.5 Å². The van der Waals surface area contributed by atoms with E-state index < -0.39 is 0 Å². The van der Waals surface area contributed by atoms with Crippen LogP contribution in [-0.4, -0.2) is 11.7 Å². The highest BCUT2D eigenvalue weighted by Crippen LogP contribution is 2.37. The fraction of sp³-hybridized carbons (Fsp3) is 0.143. The van der Waals surface area contributed by atoms with Crippen LogP contribution in [0.15, 0.2) is 48.5 Å². The summed E-state index contributed by atoms with van der Waals surface area (Å²) in [7, 11) is 0. The largest absolute Gasteiger partial charge is 0.504 e. The highest BCUT2D eigenvalue weighted by atomic mass is 16.5. The Hall–Kier alpha value is -1.96. The molecule has 0 aliphatic rings. The van der Waals surface area contributed by atoms with Crippen LogP contribution in [-0.2, 0) is 0 Å². The summed E-state index contributed by atoms with van der Waals surface area (Å²) in [6.07, 6.45) is 0. The minimum absolute atomic E-state index is 0.184. The van der Waals surface area contributed by atoms with E-state index in [1.54, 1.807) is 6.07 Å². The Morgan fingerprint density at radius 3 is 2.44 bits per heavy atom. The zero-order valence-corrected chi connectivity index (χ0v) is 9.18. The fourth-order valence-electron chi connectivity index (χ4n) is 1.67. The van der Waals surface area contributed by atoms with Crippen molar-refractivity contribution < 1.29 is 9.84 Å². The van der Waals surface area contributed by atoms with Gasteiger partial charge in [0.15, 0.2) is 11.5 Å². The second-order valence-corrected chi connectivity index (χ2v) is 3.45. The molecular weight excluding hydrogens is 200 g/mol. The van der Waals surface area contributed by atoms with Gasteiger partial charge in [0.2, 0.25) is 0 Å². The zero-order valence-electron chi connectivity index (χ0n) is 9.18. The molecule has 0 saturated heterocycles. The van der Waals surface area contributed by atoms with E-state index in [9.17, 15) is 5.11 Å². The van der Waals surface area contributed by atoms with Crippen molar-refractivity contribution >= 4 is 0 Å². The number of rotatable bonds is 3. The minimum Gasteiger partial charge on any atom is -0.504 e. The lowest BCUT2D eigenvalue weighted by molar-refractivity contribution is 0.319. The molecule has 0 saturated carbocycles. The van der Waals surface area contributed by atoms with Gasteiger partial charge in [0, 0.05) is 5.56 Å². The van der Waals surface area contributed by atoms with Gasteiger partial charge in [-0.15, -0.1) is 0 Å². The molecule has 0 amide bonds. The predicted octanol–water partition coefficient (Wildman–Crippen LogP) is 3.46. The van der Waals surface area contributed by atoms with Crippen LogP contribution < -0.4 is 4.74 Å². The number of benzene rings is 2. The number of aromatic hydroxyl groups is 1. The number of para-hydroxylation sites is 1. The molecule has 0 bridgehead atoms. The number of ether oxygens (including phenoxy) is 1. The molecule has 2 aromatic carbocycles. The average Bonchev–Trinajstić information content (AvgIpc) is 2.33. The summed E-state index contributed by atoms with van der Waals surface area (Å²) in [5.41, 5.74) is 1.96. The molecule has 0 spiro atoms. The minimum atomic E-state index is 0.184. The summed E-state index contributed by atoms with van der Waals surface area (Å²) in [5.74, 6) is 0.736. The van der Waals surface area contributed by atoms with E-state index in [0.29, 0.717) is 12.4 Å². The number of hydrogen-bond donors (Lipinski definition) is 1.